The van der Waals surface area contributed by atoms with Crippen LogP contribution in [-0.2, 0) is 4.79 Å². The van der Waals surface area contributed by atoms with Gasteiger partial charge in [0.2, 0.25) is 5.91 Å². The zero-order valence-electron chi connectivity index (χ0n) is 19.7. The minimum atomic E-state index is -0.224. The van der Waals surface area contributed by atoms with Gasteiger partial charge in [0.15, 0.2) is 5.65 Å². The SMILES string of the molecule is Nc1cc(-c2cnc3ccc(N4CCCC4c4cccc(F)c4)nn23)ccc1OC[C@H]1CCC(=O)N1. The Morgan fingerprint density at radius 2 is 2.06 bits per heavy atom. The first-order valence-electron chi connectivity index (χ1n) is 12.2. The number of benzene rings is 2. The van der Waals surface area contributed by atoms with E-state index < -0.39 is 0 Å². The van der Waals surface area contributed by atoms with Crippen molar-refractivity contribution < 1.29 is 13.9 Å². The largest absolute Gasteiger partial charge is 0.489 e. The molecule has 2 aliphatic rings. The van der Waals surface area contributed by atoms with Crippen LogP contribution in [0.2, 0.25) is 0 Å². The molecule has 1 unspecified atom stereocenters. The maximum absolute atomic E-state index is 13.9. The van der Waals surface area contributed by atoms with Crippen molar-refractivity contribution in [1.82, 2.24) is 19.9 Å². The van der Waals surface area contributed by atoms with Crippen LogP contribution in [0.5, 0.6) is 5.75 Å². The van der Waals surface area contributed by atoms with Crippen molar-refractivity contribution in [3.63, 3.8) is 0 Å². The quantitative estimate of drug-likeness (QED) is 0.398. The normalized spacial score (nSPS) is 19.7. The number of fused-ring (bicyclic) bond motifs is 1. The molecule has 4 aromatic rings. The minimum absolute atomic E-state index is 0.0137. The summed E-state index contributed by atoms with van der Waals surface area (Å²) in [5.41, 5.74) is 10.2. The van der Waals surface area contributed by atoms with E-state index in [0.717, 1.165) is 54.1 Å². The number of aromatic nitrogens is 3. The fraction of sp³-hybridized carbons (Fsp3) is 0.296. The number of nitrogens with two attached hydrogens (primary N) is 1. The van der Waals surface area contributed by atoms with Crippen molar-refractivity contribution in [2.24, 2.45) is 0 Å². The van der Waals surface area contributed by atoms with Gasteiger partial charge in [-0.2, -0.15) is 0 Å². The third-order valence-electron chi connectivity index (χ3n) is 6.96. The van der Waals surface area contributed by atoms with Crippen LogP contribution in [-0.4, -0.2) is 39.7 Å². The lowest BCUT2D eigenvalue weighted by molar-refractivity contribution is -0.119. The molecule has 36 heavy (non-hydrogen) atoms. The zero-order valence-corrected chi connectivity index (χ0v) is 19.7. The Balaban J connectivity index is 1.26. The molecule has 3 N–H and O–H groups in total. The van der Waals surface area contributed by atoms with Crippen molar-refractivity contribution in [2.75, 3.05) is 23.8 Å². The Labute approximate surface area is 207 Å². The second-order valence-electron chi connectivity index (χ2n) is 9.38. The van der Waals surface area contributed by atoms with E-state index in [1.807, 2.05) is 40.9 Å². The summed E-state index contributed by atoms with van der Waals surface area (Å²) in [6.45, 7) is 1.24. The zero-order chi connectivity index (χ0) is 24.6. The Morgan fingerprint density at radius 3 is 2.86 bits per heavy atom. The number of anilines is 2. The Bertz CT molecular complexity index is 1440. The molecular formula is C27H27FN6O2. The summed E-state index contributed by atoms with van der Waals surface area (Å²) in [5, 5.41) is 7.81. The van der Waals surface area contributed by atoms with Crippen LogP contribution in [0.15, 0.2) is 60.8 Å². The number of ether oxygens (including phenoxy) is 1. The fourth-order valence-corrected chi connectivity index (χ4v) is 5.15. The molecule has 0 saturated carbocycles. The van der Waals surface area contributed by atoms with E-state index in [1.165, 1.54) is 6.07 Å². The lowest BCUT2D eigenvalue weighted by atomic mass is 10.0. The van der Waals surface area contributed by atoms with E-state index in [9.17, 15) is 9.18 Å². The highest BCUT2D eigenvalue weighted by Gasteiger charge is 2.28. The summed E-state index contributed by atoms with van der Waals surface area (Å²) in [4.78, 5) is 18.1. The van der Waals surface area contributed by atoms with Crippen LogP contribution in [0, 0.1) is 5.82 Å². The maximum atomic E-state index is 13.9. The number of nitrogens with one attached hydrogen (secondary N) is 1. The molecule has 184 valence electrons. The number of nitrogens with zero attached hydrogens (tertiary/aromatic N) is 4. The van der Waals surface area contributed by atoms with Gasteiger partial charge >= 0.3 is 0 Å². The van der Waals surface area contributed by atoms with Crippen molar-refractivity contribution in [3.05, 3.63) is 72.2 Å². The maximum Gasteiger partial charge on any atom is 0.220 e. The lowest BCUT2D eigenvalue weighted by Crippen LogP contribution is -2.30. The van der Waals surface area contributed by atoms with Gasteiger partial charge in [0.05, 0.1) is 29.7 Å². The van der Waals surface area contributed by atoms with Gasteiger partial charge in [0.25, 0.3) is 0 Å². The number of hydrogen-bond donors (Lipinski definition) is 2. The molecule has 0 radical (unpaired) electrons. The molecule has 0 bridgehead atoms. The highest BCUT2D eigenvalue weighted by molar-refractivity contribution is 5.78. The summed E-state index contributed by atoms with van der Waals surface area (Å²) in [6, 6.07) is 16.4. The van der Waals surface area contributed by atoms with Gasteiger partial charge in [-0.15, -0.1) is 5.10 Å². The second-order valence-corrected chi connectivity index (χ2v) is 9.38. The number of nitrogen functional groups attached to an aromatic ring is 1. The average Bonchev–Trinajstić information content (AvgIpc) is 3.62. The first kappa shape index (κ1) is 22.3. The van der Waals surface area contributed by atoms with E-state index >= 15 is 0 Å². The third kappa shape index (κ3) is 4.21. The molecule has 1 amide bonds. The number of carbonyl (C=O) groups excluding carboxylic acids is 1. The van der Waals surface area contributed by atoms with E-state index in [1.54, 1.807) is 18.3 Å². The predicted octanol–water partition coefficient (Wildman–Crippen LogP) is 4.12. The number of carbonyl (C=O) groups is 1. The van der Waals surface area contributed by atoms with E-state index in [4.69, 9.17) is 15.6 Å². The second kappa shape index (κ2) is 9.14. The summed E-state index contributed by atoms with van der Waals surface area (Å²) in [7, 11) is 0. The molecule has 9 heteroatoms. The van der Waals surface area contributed by atoms with Crippen molar-refractivity contribution in [2.45, 2.75) is 37.8 Å². The molecule has 2 aromatic heterocycles. The summed E-state index contributed by atoms with van der Waals surface area (Å²) in [6.07, 6.45) is 5.04. The van der Waals surface area contributed by atoms with Gasteiger partial charge in [-0.1, -0.05) is 12.1 Å². The molecule has 2 aliphatic heterocycles. The minimum Gasteiger partial charge on any atom is -0.489 e. The highest BCUT2D eigenvalue weighted by Crippen LogP contribution is 2.36. The van der Waals surface area contributed by atoms with Crippen molar-refractivity contribution >= 4 is 23.1 Å². The van der Waals surface area contributed by atoms with Crippen LogP contribution in [0.1, 0.15) is 37.3 Å². The third-order valence-corrected chi connectivity index (χ3v) is 6.96. The monoisotopic (exact) mass is 486 g/mol. The van der Waals surface area contributed by atoms with E-state index in [2.05, 4.69) is 15.2 Å². The standard InChI is InChI=1S/C27H27FN6O2/c28-19-4-1-3-17(13-19)22-5-2-12-33(22)26-10-9-25-30-15-23(34(25)32-26)18-6-8-24(21(29)14-18)36-16-20-7-11-27(35)31-20/h1,3-4,6,8-10,13-15,20,22H,2,5,7,11-12,16,29H2,(H,31,35)/t20-,22?/m1/s1. The van der Waals surface area contributed by atoms with Crippen molar-refractivity contribution in [1.29, 1.82) is 0 Å². The van der Waals surface area contributed by atoms with Gasteiger partial charge in [-0.3, -0.25) is 4.79 Å². The van der Waals surface area contributed by atoms with Crippen molar-refractivity contribution in [3.8, 4) is 17.0 Å². The van der Waals surface area contributed by atoms with Gasteiger partial charge in [0.1, 0.15) is 24.0 Å². The van der Waals surface area contributed by atoms with Crippen LogP contribution in [0.25, 0.3) is 16.9 Å². The molecule has 8 nitrogen and oxygen atoms in total. The summed E-state index contributed by atoms with van der Waals surface area (Å²) in [5.74, 6) is 1.23. The van der Waals surface area contributed by atoms with E-state index in [0.29, 0.717) is 24.5 Å². The van der Waals surface area contributed by atoms with Crippen LogP contribution in [0.4, 0.5) is 15.9 Å². The molecule has 4 heterocycles. The molecule has 6 rings (SSSR count). The van der Waals surface area contributed by atoms with Gasteiger partial charge < -0.3 is 20.7 Å². The molecule has 2 atom stereocenters. The Morgan fingerprint density at radius 1 is 1.14 bits per heavy atom. The number of rotatable bonds is 6. The number of hydrogen-bond acceptors (Lipinski definition) is 6. The van der Waals surface area contributed by atoms with Crippen LogP contribution in [0.3, 0.4) is 0 Å². The first-order chi connectivity index (χ1) is 17.5. The Kier molecular flexibility index (Phi) is 5.67. The Hall–Kier alpha value is -4.14. The van der Waals surface area contributed by atoms with Gasteiger partial charge in [0, 0.05) is 18.5 Å². The lowest BCUT2D eigenvalue weighted by Gasteiger charge is -2.26. The number of imidazole rings is 1. The molecule has 2 aromatic carbocycles. The van der Waals surface area contributed by atoms with Crippen LogP contribution >= 0.6 is 0 Å². The highest BCUT2D eigenvalue weighted by atomic mass is 19.1. The molecular weight excluding hydrogens is 459 g/mol. The topological polar surface area (TPSA) is 97.8 Å². The average molecular weight is 487 g/mol. The van der Waals surface area contributed by atoms with Gasteiger partial charge in [-0.05, 0) is 67.3 Å². The van der Waals surface area contributed by atoms with E-state index in [-0.39, 0.29) is 23.8 Å². The van der Waals surface area contributed by atoms with Crippen LogP contribution < -0.4 is 20.7 Å². The fourth-order valence-electron chi connectivity index (χ4n) is 5.15. The summed E-state index contributed by atoms with van der Waals surface area (Å²) < 4.78 is 21.6. The predicted molar refractivity (Wildman–Crippen MR) is 135 cm³/mol. The van der Waals surface area contributed by atoms with Gasteiger partial charge in [-0.25, -0.2) is 13.9 Å². The smallest absolute Gasteiger partial charge is 0.220 e. The molecule has 0 aliphatic carbocycles. The first-order valence-corrected chi connectivity index (χ1v) is 12.2. The number of halogens is 1. The summed E-state index contributed by atoms with van der Waals surface area (Å²) >= 11 is 0. The number of amides is 1. The molecule has 2 saturated heterocycles. The molecule has 0 spiro atoms. The molecule has 2 fully saturated rings.